The van der Waals surface area contributed by atoms with Crippen molar-refractivity contribution in [2.75, 3.05) is 0 Å². The number of aromatic amines is 1. The minimum absolute atomic E-state index is 0.373. The number of nitrogens with zero attached hydrogens (tertiary/aromatic N) is 2. The van der Waals surface area contributed by atoms with Crippen molar-refractivity contribution in [2.45, 2.75) is 38.1 Å². The molecule has 0 bridgehead atoms. The molecule has 0 atom stereocenters. The Labute approximate surface area is 146 Å². The number of rotatable bonds is 4. The highest BCUT2D eigenvalue weighted by molar-refractivity contribution is 6.00. The maximum atomic E-state index is 6.24. The van der Waals surface area contributed by atoms with Crippen molar-refractivity contribution >= 4 is 29.0 Å². The lowest BCUT2D eigenvalue weighted by Gasteiger charge is -2.18. The summed E-state index contributed by atoms with van der Waals surface area (Å²) >= 11 is 0. The molecule has 1 aliphatic rings. The van der Waals surface area contributed by atoms with E-state index in [0.29, 0.717) is 11.9 Å². The third kappa shape index (κ3) is 3.65. The lowest BCUT2D eigenvalue weighted by molar-refractivity contribution is 0.443. The van der Waals surface area contributed by atoms with Gasteiger partial charge in [-0.15, -0.1) is 0 Å². The molecule has 0 radical (unpaired) electrons. The van der Waals surface area contributed by atoms with E-state index in [4.69, 9.17) is 15.1 Å². The van der Waals surface area contributed by atoms with E-state index in [1.807, 2.05) is 42.5 Å². The van der Waals surface area contributed by atoms with Crippen molar-refractivity contribution in [2.24, 2.45) is 10.7 Å². The molecule has 1 aromatic carbocycles. The van der Waals surface area contributed by atoms with Crippen LogP contribution in [0.3, 0.4) is 0 Å². The molecular formula is C20H22N4O. The van der Waals surface area contributed by atoms with Gasteiger partial charge in [0.15, 0.2) is 0 Å². The Morgan fingerprint density at radius 3 is 2.88 bits per heavy atom. The summed E-state index contributed by atoms with van der Waals surface area (Å²) in [5.74, 6) is 2.20. The number of aliphatic imine (C=N–C) groups is 1. The lowest BCUT2D eigenvalue weighted by Crippen LogP contribution is -2.19. The number of H-pyrrole nitrogens is 1. The van der Waals surface area contributed by atoms with Crippen LogP contribution in [0.15, 0.2) is 46.0 Å². The summed E-state index contributed by atoms with van der Waals surface area (Å²) in [7, 11) is 0. The molecule has 1 fully saturated rings. The Kier molecular flexibility index (Phi) is 4.37. The summed E-state index contributed by atoms with van der Waals surface area (Å²) in [5, 5.41) is 0. The fourth-order valence-electron chi connectivity index (χ4n) is 3.30. The molecule has 3 N–H and O–H groups in total. The molecule has 1 aliphatic carbocycles. The molecule has 5 nitrogen and oxygen atoms in total. The van der Waals surface area contributed by atoms with Crippen LogP contribution in [0, 0.1) is 0 Å². The van der Waals surface area contributed by atoms with E-state index < -0.39 is 0 Å². The van der Waals surface area contributed by atoms with Crippen LogP contribution in [0.2, 0.25) is 0 Å². The first kappa shape index (κ1) is 15.7. The van der Waals surface area contributed by atoms with Crippen LogP contribution in [0.4, 0.5) is 0 Å². The lowest BCUT2D eigenvalue weighted by atomic mass is 9.96. The highest BCUT2D eigenvalue weighted by Crippen LogP contribution is 2.21. The van der Waals surface area contributed by atoms with Crippen LogP contribution in [0.5, 0.6) is 0 Å². The summed E-state index contributed by atoms with van der Waals surface area (Å²) < 4.78 is 5.29. The van der Waals surface area contributed by atoms with E-state index in [0.717, 1.165) is 41.0 Å². The first-order valence-electron chi connectivity index (χ1n) is 8.83. The monoisotopic (exact) mass is 334 g/mol. The van der Waals surface area contributed by atoms with Gasteiger partial charge >= 0.3 is 0 Å². The Morgan fingerprint density at radius 2 is 2.08 bits per heavy atom. The first-order chi connectivity index (χ1) is 12.3. The molecule has 2 heterocycles. The van der Waals surface area contributed by atoms with Crippen molar-refractivity contribution in [3.63, 3.8) is 0 Å². The van der Waals surface area contributed by atoms with E-state index in [2.05, 4.69) is 9.97 Å². The number of benzene rings is 1. The smallest absolute Gasteiger partial charge is 0.131 e. The minimum atomic E-state index is 0.373. The van der Waals surface area contributed by atoms with Gasteiger partial charge in [-0.1, -0.05) is 19.3 Å². The summed E-state index contributed by atoms with van der Waals surface area (Å²) in [4.78, 5) is 12.6. The number of nitrogens with one attached hydrogen (secondary N) is 1. The summed E-state index contributed by atoms with van der Waals surface area (Å²) in [5.41, 5.74) is 9.05. The predicted molar refractivity (Wildman–Crippen MR) is 101 cm³/mol. The van der Waals surface area contributed by atoms with Gasteiger partial charge in [0, 0.05) is 5.56 Å². The first-order valence-corrected chi connectivity index (χ1v) is 8.83. The zero-order chi connectivity index (χ0) is 17.1. The number of aromatic nitrogens is 2. The minimum Gasteiger partial charge on any atom is -0.465 e. The Hall–Kier alpha value is -2.82. The average molecular weight is 334 g/mol. The van der Waals surface area contributed by atoms with Gasteiger partial charge in [-0.2, -0.15) is 0 Å². The van der Waals surface area contributed by atoms with E-state index in [1.165, 1.54) is 19.3 Å². The van der Waals surface area contributed by atoms with Crippen LogP contribution in [-0.4, -0.2) is 21.8 Å². The number of hydrogen-bond donors (Lipinski definition) is 2. The summed E-state index contributed by atoms with van der Waals surface area (Å²) in [6, 6.07) is 10.1. The molecule has 128 valence electrons. The molecule has 0 spiro atoms. The van der Waals surface area contributed by atoms with Crippen LogP contribution < -0.4 is 5.73 Å². The number of imidazole rings is 1. The van der Waals surface area contributed by atoms with Gasteiger partial charge in [0.2, 0.25) is 0 Å². The maximum absolute atomic E-state index is 6.24. The summed E-state index contributed by atoms with van der Waals surface area (Å²) in [6.45, 7) is 0. The van der Waals surface area contributed by atoms with Crippen molar-refractivity contribution < 1.29 is 4.42 Å². The largest absolute Gasteiger partial charge is 0.465 e. The highest BCUT2D eigenvalue weighted by atomic mass is 16.3. The fourth-order valence-corrected chi connectivity index (χ4v) is 3.30. The summed E-state index contributed by atoms with van der Waals surface area (Å²) in [6.07, 6.45) is 11.6. The average Bonchev–Trinajstić information content (AvgIpc) is 3.29. The van der Waals surface area contributed by atoms with Gasteiger partial charge in [0.05, 0.1) is 23.3 Å². The number of nitrogens with two attached hydrogens (primary N) is 1. The van der Waals surface area contributed by atoms with Crippen molar-refractivity contribution in [3.05, 3.63) is 53.7 Å². The Bertz CT molecular complexity index is 899. The van der Waals surface area contributed by atoms with Crippen LogP contribution >= 0.6 is 0 Å². The molecule has 25 heavy (non-hydrogen) atoms. The molecule has 0 saturated heterocycles. The normalized spacial score (nSPS) is 16.9. The molecule has 1 saturated carbocycles. The van der Waals surface area contributed by atoms with Crippen LogP contribution in [0.1, 0.15) is 49.3 Å². The number of amidine groups is 1. The third-order valence-electron chi connectivity index (χ3n) is 4.64. The number of fused-ring (bicyclic) bond motifs is 1. The van der Waals surface area contributed by atoms with Gasteiger partial charge in [0.1, 0.15) is 17.4 Å². The maximum Gasteiger partial charge on any atom is 0.131 e. The fraction of sp³-hybridized carbons (Fsp3) is 0.300. The molecule has 4 rings (SSSR count). The number of hydrogen-bond acceptors (Lipinski definition) is 3. The second kappa shape index (κ2) is 6.97. The van der Waals surface area contributed by atoms with Gasteiger partial charge in [-0.3, -0.25) is 4.99 Å². The molecule has 0 amide bonds. The van der Waals surface area contributed by atoms with E-state index in [9.17, 15) is 0 Å². The molecular weight excluding hydrogens is 312 g/mol. The van der Waals surface area contributed by atoms with E-state index >= 15 is 0 Å². The van der Waals surface area contributed by atoms with Crippen LogP contribution in [0.25, 0.3) is 23.2 Å². The van der Waals surface area contributed by atoms with E-state index in [-0.39, 0.29) is 0 Å². The van der Waals surface area contributed by atoms with E-state index in [1.54, 1.807) is 6.26 Å². The van der Waals surface area contributed by atoms with Gasteiger partial charge in [-0.25, -0.2) is 4.98 Å². The van der Waals surface area contributed by atoms with Gasteiger partial charge < -0.3 is 15.1 Å². The quantitative estimate of drug-likeness (QED) is 0.549. The van der Waals surface area contributed by atoms with Crippen molar-refractivity contribution in [1.82, 2.24) is 9.97 Å². The third-order valence-corrected chi connectivity index (χ3v) is 4.64. The molecule has 2 aromatic heterocycles. The van der Waals surface area contributed by atoms with Crippen LogP contribution in [-0.2, 0) is 0 Å². The number of furan rings is 1. The highest BCUT2D eigenvalue weighted by Gasteiger charge is 2.13. The van der Waals surface area contributed by atoms with Gasteiger partial charge in [-0.05, 0) is 55.3 Å². The van der Waals surface area contributed by atoms with Crippen molar-refractivity contribution in [1.29, 1.82) is 0 Å². The zero-order valence-electron chi connectivity index (χ0n) is 14.1. The molecule has 3 aromatic rings. The second-order valence-electron chi connectivity index (χ2n) is 6.51. The Morgan fingerprint density at radius 1 is 1.20 bits per heavy atom. The van der Waals surface area contributed by atoms with Crippen molar-refractivity contribution in [3.8, 4) is 0 Å². The second-order valence-corrected chi connectivity index (χ2v) is 6.51. The molecule has 0 aliphatic heterocycles. The standard InChI is InChI=1S/C20H22N4O/c21-20(22-15-5-2-1-3-6-15)14-8-10-17-18(13-14)24-19(23-17)11-9-16-7-4-12-25-16/h4,7-13,15H,1-3,5-6H2,(H2,21,22)(H,23,24)/b11-9+. The zero-order valence-corrected chi connectivity index (χ0v) is 14.1. The molecule has 5 heteroatoms. The SMILES string of the molecule is NC(=NC1CCCCC1)c1ccc2nc(/C=C/c3ccco3)[nH]c2c1. The predicted octanol–water partition coefficient (Wildman–Crippen LogP) is 4.36. The topological polar surface area (TPSA) is 80.2 Å². The molecule has 0 unspecified atom stereocenters. The van der Waals surface area contributed by atoms with Gasteiger partial charge in [0.25, 0.3) is 0 Å². The Balaban J connectivity index is 1.56.